The van der Waals surface area contributed by atoms with Gasteiger partial charge in [0.1, 0.15) is 5.54 Å². The topological polar surface area (TPSA) is 88.1 Å². The van der Waals surface area contributed by atoms with Gasteiger partial charge < -0.3 is 24.8 Å². The molecule has 23 heavy (non-hydrogen) atoms. The van der Waals surface area contributed by atoms with Gasteiger partial charge in [0, 0.05) is 24.3 Å². The first-order valence-electron chi connectivity index (χ1n) is 7.68. The van der Waals surface area contributed by atoms with Gasteiger partial charge in [0.05, 0.1) is 13.1 Å². The molecule has 1 spiro atoms. The summed E-state index contributed by atoms with van der Waals surface area (Å²) in [7, 11) is 0. The van der Waals surface area contributed by atoms with E-state index in [0.29, 0.717) is 18.8 Å². The van der Waals surface area contributed by atoms with E-state index in [4.69, 9.17) is 14.6 Å². The molecule has 1 fully saturated rings. The molecule has 7 heteroatoms. The van der Waals surface area contributed by atoms with E-state index in [0.717, 1.165) is 11.1 Å². The Hall–Kier alpha value is -2.12. The highest BCUT2D eigenvalue weighted by atomic mass is 16.7. The highest BCUT2D eigenvalue weighted by Crippen LogP contribution is 2.39. The average Bonchev–Trinajstić information content (AvgIpc) is 2.78. The number of carbonyl (C=O) groups excluding carboxylic acids is 1. The number of benzene rings is 1. The van der Waals surface area contributed by atoms with Crippen molar-refractivity contribution in [1.82, 2.24) is 10.2 Å². The summed E-state index contributed by atoms with van der Waals surface area (Å²) in [6.07, 6.45) is -1.47. The van der Waals surface area contributed by atoms with Gasteiger partial charge in [-0.1, -0.05) is 12.1 Å². The highest BCUT2D eigenvalue weighted by molar-refractivity contribution is 6.00. The van der Waals surface area contributed by atoms with Crippen molar-refractivity contribution in [2.45, 2.75) is 25.7 Å². The molecule has 3 rings (SSSR count). The molecule has 0 bridgehead atoms. The molecule has 0 aromatic heterocycles. The van der Waals surface area contributed by atoms with Crippen molar-refractivity contribution in [3.05, 3.63) is 34.9 Å². The Labute approximate surface area is 134 Å². The number of carboxylic acid groups (broad SMARTS) is 1. The van der Waals surface area contributed by atoms with Gasteiger partial charge in [-0.3, -0.25) is 4.79 Å². The van der Waals surface area contributed by atoms with Crippen LogP contribution in [-0.2, 0) is 15.0 Å². The van der Waals surface area contributed by atoms with E-state index in [2.05, 4.69) is 5.32 Å². The third-order valence-electron chi connectivity index (χ3n) is 4.26. The van der Waals surface area contributed by atoms with Crippen molar-refractivity contribution in [2.24, 2.45) is 0 Å². The number of ether oxygens (including phenoxy) is 2. The fourth-order valence-electron chi connectivity index (χ4n) is 3.20. The summed E-state index contributed by atoms with van der Waals surface area (Å²) in [5.41, 5.74) is 1.61. The van der Waals surface area contributed by atoms with E-state index >= 15 is 0 Å². The number of carbonyl (C=O) groups is 2. The van der Waals surface area contributed by atoms with E-state index < -0.39 is 17.9 Å². The van der Waals surface area contributed by atoms with Gasteiger partial charge in [0.15, 0.2) is 6.29 Å². The molecule has 1 saturated heterocycles. The van der Waals surface area contributed by atoms with Crippen LogP contribution in [0.15, 0.2) is 18.2 Å². The van der Waals surface area contributed by atoms with E-state index in [1.165, 1.54) is 4.90 Å². The summed E-state index contributed by atoms with van der Waals surface area (Å²) in [6, 6.07) is 5.52. The molecular formula is C16H20N2O5. The molecule has 2 N–H and O–H groups in total. The molecule has 0 radical (unpaired) electrons. The number of rotatable bonds is 5. The highest BCUT2D eigenvalue weighted by Gasteiger charge is 2.53. The van der Waals surface area contributed by atoms with Crippen molar-refractivity contribution in [1.29, 1.82) is 0 Å². The maximum Gasteiger partial charge on any atom is 0.407 e. The second kappa shape index (κ2) is 5.82. The SMILES string of the molecule is CCOC(OCC)c1ccc2c(c1)C(=O)NC21CN(C(=O)O)C1. The van der Waals surface area contributed by atoms with Crippen LogP contribution in [0.3, 0.4) is 0 Å². The van der Waals surface area contributed by atoms with Gasteiger partial charge >= 0.3 is 6.09 Å². The quantitative estimate of drug-likeness (QED) is 0.806. The van der Waals surface area contributed by atoms with Crippen LogP contribution in [0.5, 0.6) is 0 Å². The van der Waals surface area contributed by atoms with Gasteiger partial charge in [-0.05, 0) is 25.5 Å². The maximum absolute atomic E-state index is 12.3. The summed E-state index contributed by atoms with van der Waals surface area (Å²) in [5.74, 6) is -0.182. The second-order valence-corrected chi connectivity index (χ2v) is 5.72. The van der Waals surface area contributed by atoms with Crippen molar-refractivity contribution in [2.75, 3.05) is 26.3 Å². The third-order valence-corrected chi connectivity index (χ3v) is 4.26. The molecule has 124 valence electrons. The average molecular weight is 320 g/mol. The zero-order valence-electron chi connectivity index (χ0n) is 13.2. The van der Waals surface area contributed by atoms with Gasteiger partial charge in [-0.25, -0.2) is 4.79 Å². The zero-order valence-corrected chi connectivity index (χ0v) is 13.2. The van der Waals surface area contributed by atoms with Gasteiger partial charge in [-0.2, -0.15) is 0 Å². The molecule has 2 aliphatic heterocycles. The molecule has 2 heterocycles. The Kier molecular flexibility index (Phi) is 3.99. The number of hydrogen-bond donors (Lipinski definition) is 2. The Morgan fingerprint density at radius 1 is 1.35 bits per heavy atom. The lowest BCUT2D eigenvalue weighted by Crippen LogP contribution is -2.66. The van der Waals surface area contributed by atoms with Crippen LogP contribution in [0.4, 0.5) is 4.79 Å². The van der Waals surface area contributed by atoms with Crippen LogP contribution in [0, 0.1) is 0 Å². The minimum atomic E-state index is -0.970. The first kappa shape index (κ1) is 15.8. The lowest BCUT2D eigenvalue weighted by atomic mass is 9.83. The third kappa shape index (κ3) is 2.55. The largest absolute Gasteiger partial charge is 0.465 e. The fourth-order valence-corrected chi connectivity index (χ4v) is 3.20. The predicted octanol–water partition coefficient (Wildman–Crippen LogP) is 1.69. The molecular weight excluding hydrogens is 300 g/mol. The monoisotopic (exact) mass is 320 g/mol. The minimum absolute atomic E-state index is 0.182. The predicted molar refractivity (Wildman–Crippen MR) is 81.2 cm³/mol. The summed E-state index contributed by atoms with van der Waals surface area (Å²) < 4.78 is 11.1. The van der Waals surface area contributed by atoms with E-state index in [1.807, 2.05) is 26.0 Å². The number of hydrogen-bond acceptors (Lipinski definition) is 4. The Morgan fingerprint density at radius 3 is 2.57 bits per heavy atom. The molecule has 0 atom stereocenters. The molecule has 0 unspecified atom stereocenters. The maximum atomic E-state index is 12.3. The molecule has 1 aromatic carbocycles. The number of likely N-dealkylation sites (tertiary alicyclic amines) is 1. The lowest BCUT2D eigenvalue weighted by molar-refractivity contribution is -0.140. The Balaban J connectivity index is 1.88. The first-order valence-corrected chi connectivity index (χ1v) is 7.68. The number of fused-ring (bicyclic) bond motifs is 2. The van der Waals surface area contributed by atoms with Crippen LogP contribution >= 0.6 is 0 Å². The standard InChI is InChI=1S/C16H20N2O5/c1-3-22-14(23-4-2)10-5-6-12-11(7-10)13(19)17-16(12)8-18(9-16)15(20)21/h5-7,14H,3-4,8-9H2,1-2H3,(H,17,19)(H,20,21). The molecule has 7 nitrogen and oxygen atoms in total. The summed E-state index contributed by atoms with van der Waals surface area (Å²) in [5, 5.41) is 11.9. The first-order chi connectivity index (χ1) is 11.0. The summed E-state index contributed by atoms with van der Waals surface area (Å²) in [4.78, 5) is 24.5. The lowest BCUT2D eigenvalue weighted by Gasteiger charge is -2.46. The molecule has 2 aliphatic rings. The second-order valence-electron chi connectivity index (χ2n) is 5.72. The molecule has 1 aromatic rings. The van der Waals surface area contributed by atoms with Gasteiger partial charge in [-0.15, -0.1) is 0 Å². The van der Waals surface area contributed by atoms with E-state index in [9.17, 15) is 9.59 Å². The summed E-state index contributed by atoms with van der Waals surface area (Å²) >= 11 is 0. The van der Waals surface area contributed by atoms with Crippen LogP contribution in [0.1, 0.15) is 41.6 Å². The molecule has 0 saturated carbocycles. The normalized spacial score (nSPS) is 18.0. The Morgan fingerprint density at radius 2 is 2.00 bits per heavy atom. The van der Waals surface area contributed by atoms with Crippen molar-refractivity contribution in [3.63, 3.8) is 0 Å². The van der Waals surface area contributed by atoms with Crippen LogP contribution in [0.2, 0.25) is 0 Å². The molecule has 0 aliphatic carbocycles. The number of nitrogens with one attached hydrogen (secondary N) is 1. The summed E-state index contributed by atoms with van der Waals surface area (Å²) in [6.45, 7) is 5.34. The molecule has 2 amide bonds. The van der Waals surface area contributed by atoms with Gasteiger partial charge in [0.25, 0.3) is 5.91 Å². The van der Waals surface area contributed by atoms with Crippen molar-refractivity contribution in [3.8, 4) is 0 Å². The van der Waals surface area contributed by atoms with Crippen LogP contribution < -0.4 is 5.32 Å². The smallest absolute Gasteiger partial charge is 0.407 e. The van der Waals surface area contributed by atoms with Crippen LogP contribution in [-0.4, -0.2) is 48.3 Å². The van der Waals surface area contributed by atoms with E-state index in [1.54, 1.807) is 6.07 Å². The van der Waals surface area contributed by atoms with Gasteiger partial charge in [0.2, 0.25) is 0 Å². The number of nitrogens with zero attached hydrogens (tertiary/aromatic N) is 1. The fraction of sp³-hybridized carbons (Fsp3) is 0.500. The van der Waals surface area contributed by atoms with E-state index in [-0.39, 0.29) is 19.0 Å². The number of amides is 2. The minimum Gasteiger partial charge on any atom is -0.465 e. The Bertz CT molecular complexity index is 633. The zero-order chi connectivity index (χ0) is 16.6. The van der Waals surface area contributed by atoms with Crippen molar-refractivity contribution >= 4 is 12.0 Å². The van der Waals surface area contributed by atoms with Crippen molar-refractivity contribution < 1.29 is 24.2 Å². The van der Waals surface area contributed by atoms with Crippen LogP contribution in [0.25, 0.3) is 0 Å².